The second kappa shape index (κ2) is 9.54. The molecule has 0 saturated heterocycles. The molecule has 0 aromatic heterocycles. The van der Waals surface area contributed by atoms with Gasteiger partial charge in [0, 0.05) is 35.5 Å². The molecule has 0 bridgehead atoms. The summed E-state index contributed by atoms with van der Waals surface area (Å²) in [4.78, 5) is 12.4. The van der Waals surface area contributed by atoms with Crippen LogP contribution in [0.15, 0.2) is 57.9 Å². The Balaban J connectivity index is 1.52. The molecule has 3 rings (SSSR count). The zero-order valence-corrected chi connectivity index (χ0v) is 17.8. The topological polar surface area (TPSA) is 84.5 Å². The Morgan fingerprint density at radius 2 is 1.89 bits per heavy atom. The molecule has 1 saturated carbocycles. The van der Waals surface area contributed by atoms with Crippen molar-refractivity contribution in [3.05, 3.63) is 58.6 Å². The highest BCUT2D eigenvalue weighted by atomic mass is 79.9. The van der Waals surface area contributed by atoms with Crippen molar-refractivity contribution in [2.45, 2.75) is 24.2 Å². The van der Waals surface area contributed by atoms with E-state index in [0.29, 0.717) is 24.4 Å². The van der Waals surface area contributed by atoms with Crippen molar-refractivity contribution in [1.82, 2.24) is 5.32 Å². The molecule has 0 spiro atoms. The normalized spacial score (nSPS) is 13.9. The van der Waals surface area contributed by atoms with Crippen molar-refractivity contribution < 1.29 is 17.9 Å². The lowest BCUT2D eigenvalue weighted by Gasteiger charge is -2.10. The van der Waals surface area contributed by atoms with Gasteiger partial charge in [0.25, 0.3) is 15.9 Å². The van der Waals surface area contributed by atoms with E-state index >= 15 is 0 Å². The van der Waals surface area contributed by atoms with Crippen LogP contribution in [0.4, 0.5) is 5.69 Å². The fourth-order valence-corrected chi connectivity index (χ4v) is 3.88. The SMILES string of the molecule is O=C(NCCCOCC1CC1)c1cccc(NS(=O)(=O)c2ccc(Br)cc2)c1. The van der Waals surface area contributed by atoms with Crippen molar-refractivity contribution in [1.29, 1.82) is 0 Å². The first-order valence-electron chi connectivity index (χ1n) is 9.18. The second-order valence-electron chi connectivity index (χ2n) is 6.77. The minimum Gasteiger partial charge on any atom is -0.381 e. The van der Waals surface area contributed by atoms with E-state index in [1.54, 1.807) is 30.3 Å². The van der Waals surface area contributed by atoms with Crippen LogP contribution in [-0.2, 0) is 14.8 Å². The maximum absolute atomic E-state index is 12.5. The summed E-state index contributed by atoms with van der Waals surface area (Å²) in [5.74, 6) is 0.491. The van der Waals surface area contributed by atoms with Crippen molar-refractivity contribution in [3.8, 4) is 0 Å². The number of sulfonamides is 1. The molecular weight excluding hydrogens is 444 g/mol. The molecule has 6 nitrogen and oxygen atoms in total. The quantitative estimate of drug-likeness (QED) is 0.521. The zero-order chi connectivity index (χ0) is 20.0. The number of ether oxygens (including phenoxy) is 1. The summed E-state index contributed by atoms with van der Waals surface area (Å²) < 4.78 is 33.8. The van der Waals surface area contributed by atoms with Gasteiger partial charge in [0.05, 0.1) is 4.90 Å². The average Bonchev–Trinajstić information content (AvgIpc) is 3.49. The molecule has 8 heteroatoms. The second-order valence-corrected chi connectivity index (χ2v) is 9.37. The highest BCUT2D eigenvalue weighted by molar-refractivity contribution is 9.10. The summed E-state index contributed by atoms with van der Waals surface area (Å²) in [6.07, 6.45) is 3.27. The Morgan fingerprint density at radius 3 is 2.61 bits per heavy atom. The van der Waals surface area contributed by atoms with E-state index in [4.69, 9.17) is 4.74 Å². The number of carbonyl (C=O) groups excluding carboxylic acids is 1. The van der Waals surface area contributed by atoms with Gasteiger partial charge in [-0.05, 0) is 67.6 Å². The van der Waals surface area contributed by atoms with Crippen molar-refractivity contribution in [3.63, 3.8) is 0 Å². The lowest BCUT2D eigenvalue weighted by atomic mass is 10.2. The minimum atomic E-state index is -3.72. The number of benzene rings is 2. The van der Waals surface area contributed by atoms with Crippen LogP contribution in [0.3, 0.4) is 0 Å². The molecule has 150 valence electrons. The summed E-state index contributed by atoms with van der Waals surface area (Å²) in [6.45, 7) is 1.96. The minimum absolute atomic E-state index is 0.150. The van der Waals surface area contributed by atoms with Crippen LogP contribution < -0.4 is 10.0 Å². The van der Waals surface area contributed by atoms with Crippen LogP contribution in [0, 0.1) is 5.92 Å². The summed E-state index contributed by atoms with van der Waals surface area (Å²) in [6, 6.07) is 12.8. The smallest absolute Gasteiger partial charge is 0.261 e. The standard InChI is InChI=1S/C20H23BrN2O4S/c21-17-7-9-19(10-8-17)28(25,26)23-18-4-1-3-16(13-18)20(24)22-11-2-12-27-14-15-5-6-15/h1,3-4,7-10,13,15,23H,2,5-6,11-12,14H2,(H,22,24). The summed E-state index contributed by atoms with van der Waals surface area (Å²) in [7, 11) is -3.72. The highest BCUT2D eigenvalue weighted by Gasteiger charge is 2.20. The van der Waals surface area contributed by atoms with E-state index in [0.717, 1.165) is 23.4 Å². The maximum atomic E-state index is 12.5. The molecule has 1 aliphatic rings. The van der Waals surface area contributed by atoms with Gasteiger partial charge in [0.15, 0.2) is 0 Å². The largest absolute Gasteiger partial charge is 0.381 e. The zero-order valence-electron chi connectivity index (χ0n) is 15.4. The number of amides is 1. The molecular formula is C20H23BrN2O4S. The van der Waals surface area contributed by atoms with E-state index in [2.05, 4.69) is 26.0 Å². The lowest BCUT2D eigenvalue weighted by molar-refractivity contribution is 0.0937. The number of hydrogen-bond acceptors (Lipinski definition) is 4. The third-order valence-electron chi connectivity index (χ3n) is 4.30. The van der Waals surface area contributed by atoms with Gasteiger partial charge < -0.3 is 10.1 Å². The molecule has 1 fully saturated rings. The first-order valence-corrected chi connectivity index (χ1v) is 11.5. The van der Waals surface area contributed by atoms with Gasteiger partial charge in [0.1, 0.15) is 0 Å². The number of anilines is 1. The Bertz CT molecular complexity index is 912. The van der Waals surface area contributed by atoms with E-state index in [1.807, 2.05) is 0 Å². The molecule has 2 aromatic rings. The predicted molar refractivity (Wildman–Crippen MR) is 112 cm³/mol. The molecule has 0 radical (unpaired) electrons. The van der Waals surface area contributed by atoms with Gasteiger partial charge in [-0.15, -0.1) is 0 Å². The first-order chi connectivity index (χ1) is 13.4. The highest BCUT2D eigenvalue weighted by Crippen LogP contribution is 2.28. The summed E-state index contributed by atoms with van der Waals surface area (Å²) in [5, 5.41) is 2.83. The van der Waals surface area contributed by atoms with Crippen LogP contribution in [0.2, 0.25) is 0 Å². The molecule has 0 atom stereocenters. The van der Waals surface area contributed by atoms with Crippen LogP contribution in [0.25, 0.3) is 0 Å². The Morgan fingerprint density at radius 1 is 1.14 bits per heavy atom. The maximum Gasteiger partial charge on any atom is 0.261 e. The molecule has 1 amide bonds. The van der Waals surface area contributed by atoms with Crippen LogP contribution in [0.5, 0.6) is 0 Å². The lowest BCUT2D eigenvalue weighted by Crippen LogP contribution is -2.25. The Labute approximate surface area is 173 Å². The molecule has 1 aliphatic carbocycles. The number of halogens is 1. The van der Waals surface area contributed by atoms with Crippen molar-refractivity contribution in [2.75, 3.05) is 24.5 Å². The fourth-order valence-electron chi connectivity index (χ4n) is 2.56. The van der Waals surface area contributed by atoms with Crippen LogP contribution in [-0.4, -0.2) is 34.1 Å². The first kappa shape index (κ1) is 20.8. The Hall–Kier alpha value is -1.90. The van der Waals surface area contributed by atoms with Gasteiger partial charge in [-0.1, -0.05) is 22.0 Å². The van der Waals surface area contributed by atoms with Gasteiger partial charge >= 0.3 is 0 Å². The van der Waals surface area contributed by atoms with Crippen LogP contribution in [0.1, 0.15) is 29.6 Å². The number of carbonyl (C=O) groups is 1. The van der Waals surface area contributed by atoms with Gasteiger partial charge in [-0.3, -0.25) is 9.52 Å². The average molecular weight is 467 g/mol. The van der Waals surface area contributed by atoms with E-state index in [-0.39, 0.29) is 10.8 Å². The molecule has 2 aromatic carbocycles. The number of hydrogen-bond donors (Lipinski definition) is 2. The predicted octanol–water partition coefficient (Wildman–Crippen LogP) is 3.80. The molecule has 0 heterocycles. The van der Waals surface area contributed by atoms with Crippen molar-refractivity contribution in [2.24, 2.45) is 5.92 Å². The summed E-state index contributed by atoms with van der Waals surface area (Å²) in [5.41, 5.74) is 0.734. The monoisotopic (exact) mass is 466 g/mol. The van der Waals surface area contributed by atoms with Gasteiger partial charge in [0.2, 0.25) is 0 Å². The molecule has 28 heavy (non-hydrogen) atoms. The van der Waals surface area contributed by atoms with Crippen molar-refractivity contribution >= 4 is 37.5 Å². The van der Waals surface area contributed by atoms with Crippen LogP contribution >= 0.6 is 15.9 Å². The van der Waals surface area contributed by atoms with Gasteiger partial charge in [-0.25, -0.2) is 8.42 Å². The molecule has 0 unspecified atom stereocenters. The number of nitrogens with one attached hydrogen (secondary N) is 2. The van der Waals surface area contributed by atoms with E-state index in [9.17, 15) is 13.2 Å². The summed E-state index contributed by atoms with van der Waals surface area (Å²) >= 11 is 3.28. The number of rotatable bonds is 10. The van der Waals surface area contributed by atoms with E-state index < -0.39 is 10.0 Å². The molecule has 0 aliphatic heterocycles. The molecule has 2 N–H and O–H groups in total. The van der Waals surface area contributed by atoms with Gasteiger partial charge in [-0.2, -0.15) is 0 Å². The third kappa shape index (κ3) is 6.32. The third-order valence-corrected chi connectivity index (χ3v) is 6.23. The fraction of sp³-hybridized carbons (Fsp3) is 0.350. The van der Waals surface area contributed by atoms with E-state index in [1.165, 1.54) is 31.0 Å². The Kier molecular flexibility index (Phi) is 7.09.